The Hall–Kier alpha value is -3.14. The average molecular weight is 404 g/mol. The van der Waals surface area contributed by atoms with Crippen molar-refractivity contribution in [2.75, 3.05) is 6.61 Å². The number of ether oxygens (including phenoxy) is 2. The Balaban J connectivity index is 1.58. The largest absolute Gasteiger partial charge is 0.494 e. The molecule has 0 spiro atoms. The number of esters is 1. The predicted molar refractivity (Wildman–Crippen MR) is 120 cm³/mol. The van der Waals surface area contributed by atoms with Crippen LogP contribution in [0.5, 0.6) is 11.5 Å². The molecule has 2 aromatic carbocycles. The quantitative estimate of drug-likeness (QED) is 0.220. The summed E-state index contributed by atoms with van der Waals surface area (Å²) in [5.74, 6) is 0.876. The minimum Gasteiger partial charge on any atom is -0.494 e. The summed E-state index contributed by atoms with van der Waals surface area (Å²) in [6.45, 7) is 4.93. The molecule has 30 heavy (non-hydrogen) atoms. The zero-order chi connectivity index (χ0) is 21.2. The molecule has 1 heterocycles. The van der Waals surface area contributed by atoms with Gasteiger partial charge in [0.2, 0.25) is 0 Å². The summed E-state index contributed by atoms with van der Waals surface area (Å²) in [5.41, 5.74) is 3.64. The van der Waals surface area contributed by atoms with Crippen LogP contribution in [-0.2, 0) is 6.42 Å². The molecule has 0 amide bonds. The summed E-state index contributed by atoms with van der Waals surface area (Å²) in [6, 6.07) is 18.6. The van der Waals surface area contributed by atoms with Crippen LogP contribution in [0.4, 0.5) is 0 Å². The molecule has 0 aliphatic rings. The van der Waals surface area contributed by atoms with Gasteiger partial charge in [0.05, 0.1) is 17.9 Å². The molecule has 0 N–H and O–H groups in total. The topological polar surface area (TPSA) is 48.4 Å². The zero-order valence-electron chi connectivity index (χ0n) is 17.8. The third-order valence-corrected chi connectivity index (χ3v) is 4.82. The van der Waals surface area contributed by atoms with E-state index in [1.165, 1.54) is 24.8 Å². The highest BCUT2D eigenvalue weighted by molar-refractivity contribution is 5.91. The molecule has 1 aromatic heterocycles. The van der Waals surface area contributed by atoms with Crippen molar-refractivity contribution in [2.24, 2.45) is 0 Å². The number of carbonyl (C=O) groups excluding carboxylic acids is 1. The third kappa shape index (κ3) is 6.18. The number of unbranched alkanes of at least 4 members (excludes halogenated alkanes) is 2. The van der Waals surface area contributed by atoms with E-state index in [4.69, 9.17) is 9.47 Å². The molecular weight excluding hydrogens is 374 g/mol. The van der Waals surface area contributed by atoms with Gasteiger partial charge in [-0.3, -0.25) is 4.98 Å². The van der Waals surface area contributed by atoms with Crippen molar-refractivity contribution in [3.05, 3.63) is 78.0 Å². The fourth-order valence-electron chi connectivity index (χ4n) is 3.09. The summed E-state index contributed by atoms with van der Waals surface area (Å²) in [4.78, 5) is 17.0. The molecule has 3 rings (SSSR count). The van der Waals surface area contributed by atoms with Crippen molar-refractivity contribution in [3.63, 3.8) is 0 Å². The Bertz CT molecular complexity index is 916. The lowest BCUT2D eigenvalue weighted by Crippen LogP contribution is -2.08. The van der Waals surface area contributed by atoms with Gasteiger partial charge in [0.1, 0.15) is 11.5 Å². The highest BCUT2D eigenvalue weighted by Gasteiger charge is 2.10. The fraction of sp³-hybridized carbons (Fsp3) is 0.308. The first kappa shape index (κ1) is 21.6. The van der Waals surface area contributed by atoms with Crippen molar-refractivity contribution in [3.8, 4) is 22.8 Å². The Morgan fingerprint density at radius 3 is 2.20 bits per heavy atom. The van der Waals surface area contributed by atoms with Crippen molar-refractivity contribution in [1.82, 2.24) is 4.98 Å². The number of hydrogen-bond acceptors (Lipinski definition) is 4. The van der Waals surface area contributed by atoms with Crippen LogP contribution in [0.2, 0.25) is 0 Å². The SMILES string of the molecule is CCCCCc1ccc(-c2ccc(C(=O)Oc3ccc(OCCC)cc3)cc2)nc1. The fourth-order valence-corrected chi connectivity index (χ4v) is 3.09. The lowest BCUT2D eigenvalue weighted by molar-refractivity contribution is 0.0734. The molecule has 4 heteroatoms. The number of nitrogens with zero attached hydrogens (tertiary/aromatic N) is 1. The first-order chi connectivity index (χ1) is 14.7. The average Bonchev–Trinajstić information content (AvgIpc) is 2.79. The van der Waals surface area contributed by atoms with Gasteiger partial charge < -0.3 is 9.47 Å². The minimum atomic E-state index is -0.386. The van der Waals surface area contributed by atoms with Crippen LogP contribution < -0.4 is 9.47 Å². The molecule has 0 fully saturated rings. The Morgan fingerprint density at radius 2 is 1.57 bits per heavy atom. The van der Waals surface area contributed by atoms with Gasteiger partial charge in [-0.25, -0.2) is 4.79 Å². The van der Waals surface area contributed by atoms with Crippen LogP contribution in [-0.4, -0.2) is 17.6 Å². The van der Waals surface area contributed by atoms with E-state index in [2.05, 4.69) is 24.9 Å². The monoisotopic (exact) mass is 403 g/mol. The lowest BCUT2D eigenvalue weighted by atomic mass is 10.1. The predicted octanol–water partition coefficient (Wildman–Crippen LogP) is 6.49. The molecular formula is C26H29NO3. The Kier molecular flexibility index (Phi) is 8.02. The summed E-state index contributed by atoms with van der Waals surface area (Å²) >= 11 is 0. The maximum atomic E-state index is 12.4. The lowest BCUT2D eigenvalue weighted by Gasteiger charge is -2.08. The molecule has 0 unspecified atom stereocenters. The molecule has 0 bridgehead atoms. The van der Waals surface area contributed by atoms with Gasteiger partial charge in [-0.05, 0) is 67.3 Å². The van der Waals surface area contributed by atoms with Gasteiger partial charge in [0.25, 0.3) is 0 Å². The van der Waals surface area contributed by atoms with Crippen LogP contribution in [0.15, 0.2) is 66.9 Å². The number of pyridine rings is 1. The highest BCUT2D eigenvalue weighted by atomic mass is 16.5. The summed E-state index contributed by atoms with van der Waals surface area (Å²) in [5, 5.41) is 0. The smallest absolute Gasteiger partial charge is 0.343 e. The second-order valence-corrected chi connectivity index (χ2v) is 7.30. The first-order valence-electron chi connectivity index (χ1n) is 10.7. The van der Waals surface area contributed by atoms with E-state index in [1.807, 2.05) is 24.4 Å². The summed E-state index contributed by atoms with van der Waals surface area (Å²) in [6.07, 6.45) is 7.63. The maximum Gasteiger partial charge on any atom is 0.343 e. The van der Waals surface area contributed by atoms with Crippen molar-refractivity contribution >= 4 is 5.97 Å². The molecule has 0 aliphatic heterocycles. The molecule has 0 aliphatic carbocycles. The van der Waals surface area contributed by atoms with E-state index in [0.717, 1.165) is 29.8 Å². The van der Waals surface area contributed by atoms with E-state index >= 15 is 0 Å². The highest BCUT2D eigenvalue weighted by Crippen LogP contribution is 2.21. The van der Waals surface area contributed by atoms with Crippen LogP contribution in [0.3, 0.4) is 0 Å². The molecule has 0 saturated heterocycles. The normalized spacial score (nSPS) is 10.6. The number of rotatable bonds is 10. The van der Waals surface area contributed by atoms with Crippen molar-refractivity contribution < 1.29 is 14.3 Å². The number of aromatic nitrogens is 1. The van der Waals surface area contributed by atoms with Gasteiger partial charge in [0, 0.05) is 11.8 Å². The number of hydrogen-bond donors (Lipinski definition) is 0. The Morgan fingerprint density at radius 1 is 0.833 bits per heavy atom. The molecule has 3 aromatic rings. The van der Waals surface area contributed by atoms with E-state index in [-0.39, 0.29) is 5.97 Å². The second-order valence-electron chi connectivity index (χ2n) is 7.30. The first-order valence-corrected chi connectivity index (χ1v) is 10.7. The molecule has 156 valence electrons. The van der Waals surface area contributed by atoms with Gasteiger partial charge >= 0.3 is 5.97 Å². The van der Waals surface area contributed by atoms with Gasteiger partial charge in [-0.2, -0.15) is 0 Å². The van der Waals surface area contributed by atoms with Crippen LogP contribution in [0, 0.1) is 0 Å². The van der Waals surface area contributed by atoms with Gasteiger partial charge in [-0.1, -0.05) is 44.9 Å². The van der Waals surface area contributed by atoms with Gasteiger partial charge in [0.15, 0.2) is 0 Å². The third-order valence-electron chi connectivity index (χ3n) is 4.82. The summed E-state index contributed by atoms with van der Waals surface area (Å²) in [7, 11) is 0. The van der Waals surface area contributed by atoms with Crippen molar-refractivity contribution in [1.29, 1.82) is 0 Å². The van der Waals surface area contributed by atoms with E-state index in [0.29, 0.717) is 17.9 Å². The maximum absolute atomic E-state index is 12.4. The van der Waals surface area contributed by atoms with E-state index in [1.54, 1.807) is 36.4 Å². The summed E-state index contributed by atoms with van der Waals surface area (Å²) < 4.78 is 11.0. The van der Waals surface area contributed by atoms with Crippen LogP contribution in [0.1, 0.15) is 55.5 Å². The zero-order valence-corrected chi connectivity index (χ0v) is 17.8. The molecule has 0 radical (unpaired) electrons. The minimum absolute atomic E-state index is 0.386. The molecule has 0 atom stereocenters. The second kappa shape index (κ2) is 11.1. The standard InChI is InChI=1S/C26H29NO3/c1-3-5-6-7-20-8-17-25(27-19-20)21-9-11-22(12-10-21)26(28)30-24-15-13-23(14-16-24)29-18-4-2/h8-17,19H,3-7,18H2,1-2H3. The van der Waals surface area contributed by atoms with Gasteiger partial charge in [-0.15, -0.1) is 0 Å². The van der Waals surface area contributed by atoms with Crippen LogP contribution >= 0.6 is 0 Å². The number of benzene rings is 2. The molecule has 4 nitrogen and oxygen atoms in total. The number of aryl methyl sites for hydroxylation is 1. The van der Waals surface area contributed by atoms with Crippen molar-refractivity contribution in [2.45, 2.75) is 46.0 Å². The van der Waals surface area contributed by atoms with E-state index in [9.17, 15) is 4.79 Å². The Labute approximate surface area is 178 Å². The van der Waals surface area contributed by atoms with E-state index < -0.39 is 0 Å². The van der Waals surface area contributed by atoms with Crippen LogP contribution in [0.25, 0.3) is 11.3 Å². The molecule has 0 saturated carbocycles. The number of carbonyl (C=O) groups is 1.